The van der Waals surface area contributed by atoms with Crippen LogP contribution in [0.4, 0.5) is 10.1 Å². The van der Waals surface area contributed by atoms with Crippen LogP contribution in [0.25, 0.3) is 0 Å². The van der Waals surface area contributed by atoms with Crippen LogP contribution in [-0.4, -0.2) is 20.9 Å². The molecule has 162 valence electrons. The van der Waals surface area contributed by atoms with E-state index in [0.717, 1.165) is 21.5 Å². The molecule has 3 rings (SSSR count). The van der Waals surface area contributed by atoms with Crippen LogP contribution in [0, 0.1) is 12.7 Å². The molecule has 31 heavy (non-hydrogen) atoms. The summed E-state index contributed by atoms with van der Waals surface area (Å²) >= 11 is 5.87. The van der Waals surface area contributed by atoms with Gasteiger partial charge in [0.1, 0.15) is 12.4 Å². The summed E-state index contributed by atoms with van der Waals surface area (Å²) in [5.41, 5.74) is 2.07. The molecule has 0 saturated carbocycles. The minimum absolute atomic E-state index is 0.00910. The highest BCUT2D eigenvalue weighted by molar-refractivity contribution is 7.92. The van der Waals surface area contributed by atoms with Gasteiger partial charge in [0, 0.05) is 0 Å². The van der Waals surface area contributed by atoms with Gasteiger partial charge < -0.3 is 5.32 Å². The monoisotopic (exact) mass is 460 g/mol. The molecule has 0 fully saturated rings. The molecule has 1 atom stereocenters. The Morgan fingerprint density at radius 1 is 1.06 bits per heavy atom. The number of halogens is 2. The van der Waals surface area contributed by atoms with Gasteiger partial charge in [-0.25, -0.2) is 12.8 Å². The maximum absolute atomic E-state index is 13.7. The van der Waals surface area contributed by atoms with Crippen molar-refractivity contribution in [2.75, 3.05) is 10.8 Å². The van der Waals surface area contributed by atoms with Gasteiger partial charge in [0.25, 0.3) is 10.0 Å². The van der Waals surface area contributed by atoms with E-state index >= 15 is 0 Å². The van der Waals surface area contributed by atoms with Crippen molar-refractivity contribution in [3.8, 4) is 0 Å². The van der Waals surface area contributed by atoms with E-state index in [1.54, 1.807) is 18.2 Å². The first-order valence-corrected chi connectivity index (χ1v) is 11.4. The minimum Gasteiger partial charge on any atom is -0.348 e. The first-order valence-electron chi connectivity index (χ1n) is 9.57. The van der Waals surface area contributed by atoms with Crippen molar-refractivity contribution < 1.29 is 17.6 Å². The SMILES string of the molecule is Cc1ccc(C(C)NC(=O)CN(c2ccc(F)c(Cl)c2)S(=O)(=O)c2ccccc2)cc1. The molecule has 3 aromatic rings. The predicted molar refractivity (Wildman–Crippen MR) is 120 cm³/mol. The number of amides is 1. The molecule has 0 spiro atoms. The summed E-state index contributed by atoms with van der Waals surface area (Å²) in [7, 11) is -4.09. The van der Waals surface area contributed by atoms with Crippen molar-refractivity contribution in [1.29, 1.82) is 0 Å². The van der Waals surface area contributed by atoms with Crippen LogP contribution >= 0.6 is 11.6 Å². The number of benzene rings is 3. The maximum atomic E-state index is 13.7. The smallest absolute Gasteiger partial charge is 0.264 e. The molecule has 8 heteroatoms. The van der Waals surface area contributed by atoms with Crippen LogP contribution < -0.4 is 9.62 Å². The van der Waals surface area contributed by atoms with E-state index in [1.807, 2.05) is 38.1 Å². The van der Waals surface area contributed by atoms with Crippen LogP contribution in [0.1, 0.15) is 24.1 Å². The summed E-state index contributed by atoms with van der Waals surface area (Å²) in [5.74, 6) is -1.19. The van der Waals surface area contributed by atoms with E-state index < -0.39 is 28.3 Å². The third-order valence-corrected chi connectivity index (χ3v) is 6.84. The van der Waals surface area contributed by atoms with Crippen LogP contribution in [-0.2, 0) is 14.8 Å². The molecular formula is C23H22ClFN2O3S. The van der Waals surface area contributed by atoms with Crippen molar-refractivity contribution in [1.82, 2.24) is 5.32 Å². The fraction of sp³-hybridized carbons (Fsp3) is 0.174. The normalized spacial score (nSPS) is 12.3. The number of carbonyl (C=O) groups is 1. The third-order valence-electron chi connectivity index (χ3n) is 4.76. The number of sulfonamides is 1. The number of rotatable bonds is 7. The molecule has 0 saturated heterocycles. The lowest BCUT2D eigenvalue weighted by molar-refractivity contribution is -0.120. The molecule has 1 amide bonds. The second kappa shape index (κ2) is 9.49. The Hall–Kier alpha value is -2.90. The van der Waals surface area contributed by atoms with E-state index in [2.05, 4.69) is 5.32 Å². The van der Waals surface area contributed by atoms with Gasteiger partial charge in [-0.3, -0.25) is 9.10 Å². The number of anilines is 1. The Morgan fingerprint density at radius 2 is 1.71 bits per heavy atom. The number of hydrogen-bond acceptors (Lipinski definition) is 3. The van der Waals surface area contributed by atoms with Gasteiger partial charge in [-0.2, -0.15) is 0 Å². The fourth-order valence-corrected chi connectivity index (χ4v) is 4.64. The first kappa shape index (κ1) is 22.8. The molecule has 0 aliphatic carbocycles. The molecule has 0 heterocycles. The Labute approximate surface area is 186 Å². The molecular weight excluding hydrogens is 439 g/mol. The second-order valence-electron chi connectivity index (χ2n) is 7.12. The summed E-state index contributed by atoms with van der Waals surface area (Å²) in [4.78, 5) is 12.8. The Morgan fingerprint density at radius 3 is 2.32 bits per heavy atom. The Kier molecular flexibility index (Phi) is 6.97. The minimum atomic E-state index is -4.09. The van der Waals surface area contributed by atoms with Crippen molar-refractivity contribution >= 4 is 33.2 Å². The van der Waals surface area contributed by atoms with E-state index in [4.69, 9.17) is 11.6 Å². The molecule has 5 nitrogen and oxygen atoms in total. The first-order chi connectivity index (χ1) is 14.7. The van der Waals surface area contributed by atoms with Gasteiger partial charge in [0.05, 0.1) is 21.6 Å². The number of nitrogens with one attached hydrogen (secondary N) is 1. The highest BCUT2D eigenvalue weighted by Crippen LogP contribution is 2.27. The second-order valence-corrected chi connectivity index (χ2v) is 9.39. The zero-order chi connectivity index (χ0) is 22.6. The van der Waals surface area contributed by atoms with Gasteiger partial charge in [-0.15, -0.1) is 0 Å². The highest BCUT2D eigenvalue weighted by atomic mass is 35.5. The van der Waals surface area contributed by atoms with Crippen molar-refractivity contribution in [2.24, 2.45) is 0 Å². The van der Waals surface area contributed by atoms with Crippen LogP contribution in [0.3, 0.4) is 0 Å². The molecule has 0 bridgehead atoms. The van der Waals surface area contributed by atoms with E-state index in [9.17, 15) is 17.6 Å². The fourth-order valence-electron chi connectivity index (χ4n) is 3.03. The lowest BCUT2D eigenvalue weighted by Gasteiger charge is -2.25. The molecule has 0 aromatic heterocycles. The molecule has 1 unspecified atom stereocenters. The third kappa shape index (κ3) is 5.42. The average Bonchev–Trinajstić information content (AvgIpc) is 2.75. The highest BCUT2D eigenvalue weighted by Gasteiger charge is 2.28. The average molecular weight is 461 g/mol. The number of aryl methyl sites for hydroxylation is 1. The number of hydrogen-bond donors (Lipinski definition) is 1. The van der Waals surface area contributed by atoms with Crippen LogP contribution in [0.15, 0.2) is 77.7 Å². The summed E-state index contributed by atoms with van der Waals surface area (Å²) in [6, 6.07) is 18.6. The zero-order valence-electron chi connectivity index (χ0n) is 17.0. The molecule has 0 radical (unpaired) electrons. The van der Waals surface area contributed by atoms with Gasteiger partial charge >= 0.3 is 0 Å². The van der Waals surface area contributed by atoms with Gasteiger partial charge in [-0.05, 0) is 49.7 Å². The summed E-state index contributed by atoms with van der Waals surface area (Å²) < 4.78 is 41.1. The van der Waals surface area contributed by atoms with Crippen molar-refractivity contribution in [3.63, 3.8) is 0 Å². The van der Waals surface area contributed by atoms with Gasteiger partial charge in [0.15, 0.2) is 0 Å². The number of carbonyl (C=O) groups excluding carboxylic acids is 1. The number of nitrogens with zero attached hydrogens (tertiary/aromatic N) is 1. The predicted octanol–water partition coefficient (Wildman–Crippen LogP) is 4.86. The topological polar surface area (TPSA) is 66.5 Å². The molecule has 1 N–H and O–H groups in total. The van der Waals surface area contributed by atoms with Crippen LogP contribution in [0.2, 0.25) is 5.02 Å². The van der Waals surface area contributed by atoms with Gasteiger partial charge in [-0.1, -0.05) is 59.6 Å². The van der Waals surface area contributed by atoms with E-state index in [1.165, 1.54) is 24.3 Å². The van der Waals surface area contributed by atoms with Gasteiger partial charge in [0.2, 0.25) is 5.91 Å². The largest absolute Gasteiger partial charge is 0.348 e. The lowest BCUT2D eigenvalue weighted by atomic mass is 10.1. The molecule has 0 aliphatic heterocycles. The Balaban J connectivity index is 1.90. The van der Waals surface area contributed by atoms with Crippen LogP contribution in [0.5, 0.6) is 0 Å². The summed E-state index contributed by atoms with van der Waals surface area (Å²) in [6.07, 6.45) is 0. The molecule has 3 aromatic carbocycles. The maximum Gasteiger partial charge on any atom is 0.264 e. The quantitative estimate of drug-likeness (QED) is 0.547. The zero-order valence-corrected chi connectivity index (χ0v) is 18.6. The summed E-state index contributed by atoms with van der Waals surface area (Å²) in [6.45, 7) is 3.29. The van der Waals surface area contributed by atoms with E-state index in [-0.39, 0.29) is 21.6 Å². The van der Waals surface area contributed by atoms with Crippen molar-refractivity contribution in [3.05, 3.63) is 94.8 Å². The lowest BCUT2D eigenvalue weighted by Crippen LogP contribution is -2.41. The van der Waals surface area contributed by atoms with E-state index in [0.29, 0.717) is 0 Å². The summed E-state index contributed by atoms with van der Waals surface area (Å²) in [5, 5.41) is 2.58. The Bertz CT molecular complexity index is 1170. The van der Waals surface area contributed by atoms with Crippen molar-refractivity contribution in [2.45, 2.75) is 24.8 Å². The molecule has 0 aliphatic rings. The standard InChI is InChI=1S/C23H22ClFN2O3S/c1-16-8-10-18(11-9-16)17(2)26-23(28)15-27(19-12-13-22(25)21(24)14-19)31(29,30)20-6-4-3-5-7-20/h3-14,17H,15H2,1-2H3,(H,26,28).